The van der Waals surface area contributed by atoms with Crippen LogP contribution in [0.3, 0.4) is 0 Å². The molecule has 1 aromatic rings. The van der Waals surface area contributed by atoms with E-state index in [1.807, 2.05) is 0 Å². The molecule has 11 heavy (non-hydrogen) atoms. The minimum absolute atomic E-state index is 0. The third-order valence-electron chi connectivity index (χ3n) is 0.808. The van der Waals surface area contributed by atoms with Crippen molar-refractivity contribution in [1.82, 2.24) is 0 Å². The lowest BCUT2D eigenvalue weighted by Crippen LogP contribution is -1.75. The highest BCUT2D eigenvalue weighted by molar-refractivity contribution is 6.13. The minimum atomic E-state index is -0.412. The van der Waals surface area contributed by atoms with E-state index in [9.17, 15) is 4.39 Å². The smallest absolute Gasteiger partial charge is 0.482 e. The first-order valence-electron chi connectivity index (χ1n) is 2.75. The molecule has 1 radical (unpaired) electrons. The van der Waals surface area contributed by atoms with Crippen LogP contribution in [-0.2, 0) is 0 Å². The average Bonchev–Trinajstić information content (AvgIpc) is 1.88. The summed E-state index contributed by atoms with van der Waals surface area (Å²) in [7, 11) is 0. The van der Waals surface area contributed by atoms with Crippen LogP contribution in [0.15, 0.2) is 24.3 Å². The topological polar surface area (TPSA) is 60.7 Å². The van der Waals surface area contributed by atoms with Gasteiger partial charge in [0.1, 0.15) is 11.6 Å². The van der Waals surface area contributed by atoms with Crippen LogP contribution in [0.1, 0.15) is 0 Å². The molecule has 1 aromatic carbocycles. The van der Waals surface area contributed by atoms with E-state index in [0.29, 0.717) is 0 Å². The molecule has 0 heterocycles. The maximum absolute atomic E-state index is 12.0. The molecule has 0 saturated carbocycles. The highest BCUT2D eigenvalue weighted by atomic mass is 19.1. The second-order valence-corrected chi connectivity index (χ2v) is 1.60. The van der Waals surface area contributed by atoms with Gasteiger partial charge < -0.3 is 15.2 Å². The summed E-state index contributed by atoms with van der Waals surface area (Å²) >= 11 is 0. The van der Waals surface area contributed by atoms with Gasteiger partial charge >= 0.3 is 7.69 Å². The summed E-state index contributed by atoms with van der Waals surface area (Å²) in [4.78, 5) is 0. The lowest BCUT2D eigenvalue weighted by Gasteiger charge is -1.86. The average molecular weight is 157 g/mol. The molecule has 3 N–H and O–H groups in total. The van der Waals surface area contributed by atoms with Gasteiger partial charge in [-0.1, -0.05) is 6.07 Å². The molecule has 0 unspecified atom stereocenters. The van der Waals surface area contributed by atoms with Gasteiger partial charge in [-0.05, 0) is 12.1 Å². The Bertz CT molecular complexity index is 190. The largest absolute Gasteiger partial charge is 0.508 e. The molecule has 0 saturated heterocycles. The van der Waals surface area contributed by atoms with Crippen LogP contribution in [0.5, 0.6) is 5.75 Å². The van der Waals surface area contributed by atoms with Crippen LogP contribution in [-0.4, -0.2) is 22.8 Å². The van der Waals surface area contributed by atoms with Gasteiger partial charge in [0.25, 0.3) is 0 Å². The summed E-state index contributed by atoms with van der Waals surface area (Å²) in [5.74, 6) is -0.449. The predicted molar refractivity (Wildman–Crippen MR) is 38.3 cm³/mol. The summed E-state index contributed by atoms with van der Waals surface area (Å²) in [6.07, 6.45) is 0. The number of phenols is 1. The molecule has 0 amide bonds. The van der Waals surface area contributed by atoms with Crippen molar-refractivity contribution in [2.45, 2.75) is 0 Å². The summed E-state index contributed by atoms with van der Waals surface area (Å²) in [6, 6.07) is 5.20. The quantitative estimate of drug-likeness (QED) is 0.465. The first kappa shape index (κ1) is 9.93. The van der Waals surface area contributed by atoms with Gasteiger partial charge in [-0.25, -0.2) is 4.39 Å². The van der Waals surface area contributed by atoms with Crippen molar-refractivity contribution in [2.24, 2.45) is 0 Å². The number of hydrogen-bond donors (Lipinski definition) is 3. The lowest BCUT2D eigenvalue weighted by molar-refractivity contribution is 0.448. The van der Waals surface area contributed by atoms with Crippen molar-refractivity contribution >= 4 is 7.69 Å². The molecule has 0 bridgehead atoms. The standard InChI is InChI=1S/C6H5FO.BH2O2/c7-5-2-1-3-6(8)4-5;2-1-3/h1-4,8H;2-3H. The van der Waals surface area contributed by atoms with Crippen LogP contribution < -0.4 is 0 Å². The van der Waals surface area contributed by atoms with E-state index in [1.54, 1.807) is 0 Å². The molecule has 1 rings (SSSR count). The maximum Gasteiger partial charge on any atom is 0.482 e. The Kier molecular flexibility index (Phi) is 5.15. The zero-order valence-electron chi connectivity index (χ0n) is 5.61. The Morgan fingerprint density at radius 1 is 1.27 bits per heavy atom. The third-order valence-corrected chi connectivity index (χ3v) is 0.808. The number of benzene rings is 1. The van der Waals surface area contributed by atoms with E-state index in [1.165, 1.54) is 18.2 Å². The van der Waals surface area contributed by atoms with Crippen LogP contribution >= 0.6 is 0 Å². The van der Waals surface area contributed by atoms with Crippen molar-refractivity contribution in [1.29, 1.82) is 0 Å². The molecule has 0 aliphatic heterocycles. The molecular formula is C6H7BFO3. The second-order valence-electron chi connectivity index (χ2n) is 1.60. The van der Waals surface area contributed by atoms with Crippen molar-refractivity contribution in [3.05, 3.63) is 30.1 Å². The van der Waals surface area contributed by atoms with Crippen molar-refractivity contribution in [3.8, 4) is 5.75 Å². The van der Waals surface area contributed by atoms with Crippen molar-refractivity contribution in [2.75, 3.05) is 0 Å². The monoisotopic (exact) mass is 157 g/mol. The SMILES string of the molecule is O[B]O.Oc1cccc(F)c1. The zero-order valence-corrected chi connectivity index (χ0v) is 5.61. The number of hydrogen-bond acceptors (Lipinski definition) is 3. The lowest BCUT2D eigenvalue weighted by atomic mass is 10.3. The molecule has 3 nitrogen and oxygen atoms in total. The molecular weight excluding hydrogens is 150 g/mol. The van der Waals surface area contributed by atoms with Crippen molar-refractivity contribution in [3.63, 3.8) is 0 Å². The Labute approximate surface area is 64.0 Å². The van der Waals surface area contributed by atoms with Gasteiger partial charge in [0.2, 0.25) is 0 Å². The summed E-state index contributed by atoms with van der Waals surface area (Å²) < 4.78 is 12.0. The summed E-state index contributed by atoms with van der Waals surface area (Å²) in [5.41, 5.74) is 0. The van der Waals surface area contributed by atoms with E-state index < -0.39 is 5.82 Å². The van der Waals surface area contributed by atoms with Crippen LogP contribution in [0, 0.1) is 5.82 Å². The molecule has 0 atom stereocenters. The van der Waals surface area contributed by atoms with Crippen LogP contribution in [0.25, 0.3) is 0 Å². The molecule has 0 aliphatic carbocycles. The summed E-state index contributed by atoms with van der Waals surface area (Å²) in [5, 5.41) is 22.6. The summed E-state index contributed by atoms with van der Waals surface area (Å²) in [6.45, 7) is 0. The van der Waals surface area contributed by atoms with E-state index in [-0.39, 0.29) is 13.4 Å². The zero-order chi connectivity index (χ0) is 8.69. The molecule has 0 fully saturated rings. The number of rotatable bonds is 0. The highest BCUT2D eigenvalue weighted by Gasteiger charge is 1.86. The van der Waals surface area contributed by atoms with E-state index >= 15 is 0 Å². The Balaban J connectivity index is 0.000000292. The molecule has 5 heteroatoms. The molecule has 0 aliphatic rings. The molecule has 0 spiro atoms. The fourth-order valence-electron chi connectivity index (χ4n) is 0.476. The molecule has 59 valence electrons. The number of aromatic hydroxyl groups is 1. The van der Waals surface area contributed by atoms with Crippen LogP contribution in [0.2, 0.25) is 0 Å². The third kappa shape index (κ3) is 5.38. The molecule has 0 aromatic heterocycles. The van der Waals surface area contributed by atoms with E-state index in [4.69, 9.17) is 15.2 Å². The van der Waals surface area contributed by atoms with Gasteiger partial charge in [-0.15, -0.1) is 0 Å². The van der Waals surface area contributed by atoms with E-state index in [2.05, 4.69) is 0 Å². The first-order chi connectivity index (χ1) is 5.20. The fourth-order valence-corrected chi connectivity index (χ4v) is 0.476. The minimum Gasteiger partial charge on any atom is -0.508 e. The van der Waals surface area contributed by atoms with Crippen molar-refractivity contribution < 1.29 is 19.5 Å². The number of phenolic OH excluding ortho intramolecular Hbond substituents is 1. The Morgan fingerprint density at radius 3 is 2.09 bits per heavy atom. The van der Waals surface area contributed by atoms with Gasteiger partial charge in [-0.2, -0.15) is 0 Å². The van der Waals surface area contributed by atoms with Gasteiger partial charge in [0.05, 0.1) is 0 Å². The maximum atomic E-state index is 12.0. The Morgan fingerprint density at radius 2 is 1.82 bits per heavy atom. The Hall–Kier alpha value is -1.07. The number of halogens is 1. The second kappa shape index (κ2) is 5.70. The predicted octanol–water partition coefficient (Wildman–Crippen LogP) is 0.0365. The highest BCUT2D eigenvalue weighted by Crippen LogP contribution is 2.07. The van der Waals surface area contributed by atoms with Crippen LogP contribution in [0.4, 0.5) is 4.39 Å². The van der Waals surface area contributed by atoms with Gasteiger partial charge in [0.15, 0.2) is 0 Å². The fraction of sp³-hybridized carbons (Fsp3) is 0. The van der Waals surface area contributed by atoms with Gasteiger partial charge in [0, 0.05) is 6.07 Å². The van der Waals surface area contributed by atoms with E-state index in [0.717, 1.165) is 6.07 Å². The first-order valence-corrected chi connectivity index (χ1v) is 2.75. The normalized spacial score (nSPS) is 7.91. The van der Waals surface area contributed by atoms with Gasteiger partial charge in [-0.3, -0.25) is 0 Å².